The van der Waals surface area contributed by atoms with E-state index in [-0.39, 0.29) is 12.5 Å². The molecule has 0 saturated heterocycles. The molecule has 0 aromatic heterocycles. The maximum atomic E-state index is 11.7. The lowest BCUT2D eigenvalue weighted by Gasteiger charge is -2.24. The third-order valence-corrected chi connectivity index (χ3v) is 1.79. The highest BCUT2D eigenvalue weighted by Crippen LogP contribution is 2.10. The molecule has 94 valence electrons. The molecule has 16 heavy (non-hydrogen) atoms. The molecule has 0 spiro atoms. The van der Waals surface area contributed by atoms with Crippen molar-refractivity contribution in [1.29, 1.82) is 0 Å². The number of carbonyl (C=O) groups is 2. The standard InChI is InChI=1S/C11H22N2O3/c1-5-6-8(13-9(14)7-12)10(15)16-11(2,3)4/h8H,5-7,12H2,1-4H3,(H,13,14)/t8-/m0/s1. The Balaban J connectivity index is 4.40. The molecule has 1 amide bonds. The molecule has 0 aliphatic rings. The fourth-order valence-electron chi connectivity index (χ4n) is 1.16. The van der Waals surface area contributed by atoms with Crippen LogP contribution in [0.25, 0.3) is 0 Å². The third-order valence-electron chi connectivity index (χ3n) is 1.79. The van der Waals surface area contributed by atoms with Crippen LogP contribution in [0.5, 0.6) is 0 Å². The number of rotatable bonds is 5. The maximum absolute atomic E-state index is 11.7. The molecule has 0 unspecified atom stereocenters. The minimum absolute atomic E-state index is 0.122. The second kappa shape index (κ2) is 6.48. The van der Waals surface area contributed by atoms with E-state index in [9.17, 15) is 9.59 Å². The summed E-state index contributed by atoms with van der Waals surface area (Å²) in [5.74, 6) is -0.750. The first-order valence-corrected chi connectivity index (χ1v) is 5.52. The molecule has 5 heteroatoms. The summed E-state index contributed by atoms with van der Waals surface area (Å²) < 4.78 is 5.20. The van der Waals surface area contributed by atoms with Crippen molar-refractivity contribution in [2.75, 3.05) is 6.54 Å². The summed E-state index contributed by atoms with van der Waals surface area (Å²) in [6.07, 6.45) is 1.34. The Kier molecular flexibility index (Phi) is 6.03. The van der Waals surface area contributed by atoms with Crippen molar-refractivity contribution in [2.45, 2.75) is 52.2 Å². The SMILES string of the molecule is CCC[C@H](NC(=O)CN)C(=O)OC(C)(C)C. The van der Waals surface area contributed by atoms with Gasteiger partial charge in [-0.15, -0.1) is 0 Å². The molecule has 0 aromatic carbocycles. The number of nitrogens with one attached hydrogen (secondary N) is 1. The molecule has 0 fully saturated rings. The van der Waals surface area contributed by atoms with E-state index >= 15 is 0 Å². The fraction of sp³-hybridized carbons (Fsp3) is 0.818. The van der Waals surface area contributed by atoms with Crippen LogP contribution in [-0.2, 0) is 14.3 Å². The van der Waals surface area contributed by atoms with Gasteiger partial charge in [-0.25, -0.2) is 4.79 Å². The Hall–Kier alpha value is -1.10. The van der Waals surface area contributed by atoms with Crippen LogP contribution in [0.3, 0.4) is 0 Å². The zero-order chi connectivity index (χ0) is 12.8. The number of amides is 1. The Morgan fingerprint density at radius 2 is 1.94 bits per heavy atom. The fourth-order valence-corrected chi connectivity index (χ4v) is 1.16. The number of hydrogen-bond donors (Lipinski definition) is 2. The van der Waals surface area contributed by atoms with Gasteiger partial charge in [0.15, 0.2) is 0 Å². The zero-order valence-corrected chi connectivity index (χ0v) is 10.5. The normalized spacial score (nSPS) is 13.1. The topological polar surface area (TPSA) is 81.4 Å². The molecule has 0 heterocycles. The molecule has 5 nitrogen and oxygen atoms in total. The summed E-state index contributed by atoms with van der Waals surface area (Å²) in [5, 5.41) is 2.55. The number of carbonyl (C=O) groups excluding carboxylic acids is 2. The highest BCUT2D eigenvalue weighted by molar-refractivity contribution is 5.85. The molecule has 0 aliphatic carbocycles. The van der Waals surface area contributed by atoms with Gasteiger partial charge in [-0.3, -0.25) is 4.79 Å². The van der Waals surface area contributed by atoms with Gasteiger partial charge in [0.2, 0.25) is 5.91 Å². The lowest BCUT2D eigenvalue weighted by atomic mass is 10.1. The van der Waals surface area contributed by atoms with Crippen LogP contribution in [0.2, 0.25) is 0 Å². The third kappa shape index (κ3) is 6.40. The highest BCUT2D eigenvalue weighted by atomic mass is 16.6. The average Bonchev–Trinajstić information content (AvgIpc) is 2.14. The van der Waals surface area contributed by atoms with E-state index in [1.165, 1.54) is 0 Å². The van der Waals surface area contributed by atoms with E-state index in [4.69, 9.17) is 10.5 Å². The van der Waals surface area contributed by atoms with Crippen LogP contribution in [-0.4, -0.2) is 30.1 Å². The van der Waals surface area contributed by atoms with E-state index in [0.717, 1.165) is 6.42 Å². The number of nitrogens with two attached hydrogens (primary N) is 1. The summed E-state index contributed by atoms with van der Waals surface area (Å²) in [7, 11) is 0. The summed E-state index contributed by atoms with van der Waals surface area (Å²) in [6.45, 7) is 7.19. The van der Waals surface area contributed by atoms with Gasteiger partial charge in [0.25, 0.3) is 0 Å². The summed E-state index contributed by atoms with van der Waals surface area (Å²) in [6, 6.07) is -0.597. The molecule has 0 saturated carbocycles. The first-order chi connectivity index (χ1) is 7.30. The van der Waals surface area contributed by atoms with Crippen LogP contribution in [0.4, 0.5) is 0 Å². The Morgan fingerprint density at radius 1 is 1.38 bits per heavy atom. The van der Waals surface area contributed by atoms with E-state index in [1.54, 1.807) is 20.8 Å². The van der Waals surface area contributed by atoms with Crippen molar-refractivity contribution in [2.24, 2.45) is 5.73 Å². The van der Waals surface area contributed by atoms with Crippen molar-refractivity contribution < 1.29 is 14.3 Å². The molecular formula is C11H22N2O3. The zero-order valence-electron chi connectivity index (χ0n) is 10.5. The van der Waals surface area contributed by atoms with Crippen LogP contribution < -0.4 is 11.1 Å². The minimum Gasteiger partial charge on any atom is -0.458 e. The summed E-state index contributed by atoms with van der Waals surface area (Å²) >= 11 is 0. The largest absolute Gasteiger partial charge is 0.458 e. The van der Waals surface area contributed by atoms with E-state index in [2.05, 4.69) is 5.32 Å². The van der Waals surface area contributed by atoms with Gasteiger partial charge in [-0.2, -0.15) is 0 Å². The molecular weight excluding hydrogens is 208 g/mol. The molecule has 0 rings (SSSR count). The average molecular weight is 230 g/mol. The van der Waals surface area contributed by atoms with E-state index in [0.29, 0.717) is 6.42 Å². The van der Waals surface area contributed by atoms with Gasteiger partial charge in [-0.05, 0) is 27.2 Å². The van der Waals surface area contributed by atoms with Crippen LogP contribution >= 0.6 is 0 Å². The molecule has 0 radical (unpaired) electrons. The first-order valence-electron chi connectivity index (χ1n) is 5.52. The van der Waals surface area contributed by atoms with Gasteiger partial charge in [-0.1, -0.05) is 13.3 Å². The molecule has 1 atom stereocenters. The van der Waals surface area contributed by atoms with Crippen molar-refractivity contribution in [3.8, 4) is 0 Å². The van der Waals surface area contributed by atoms with Gasteiger partial charge >= 0.3 is 5.97 Å². The molecule has 0 aliphatic heterocycles. The van der Waals surface area contributed by atoms with Crippen molar-refractivity contribution in [3.63, 3.8) is 0 Å². The lowest BCUT2D eigenvalue weighted by molar-refractivity contribution is -0.158. The van der Waals surface area contributed by atoms with Crippen LogP contribution in [0.1, 0.15) is 40.5 Å². The number of ether oxygens (including phenoxy) is 1. The van der Waals surface area contributed by atoms with Gasteiger partial charge in [0.05, 0.1) is 6.54 Å². The van der Waals surface area contributed by atoms with Gasteiger partial charge in [0.1, 0.15) is 11.6 Å². The summed E-state index contributed by atoms with van der Waals surface area (Å²) in [4.78, 5) is 22.8. The Bertz CT molecular complexity index is 246. The lowest BCUT2D eigenvalue weighted by Crippen LogP contribution is -2.46. The first kappa shape index (κ1) is 14.9. The quantitative estimate of drug-likeness (QED) is 0.677. The predicted molar refractivity (Wildman–Crippen MR) is 61.7 cm³/mol. The Labute approximate surface area is 96.7 Å². The minimum atomic E-state index is -0.597. The smallest absolute Gasteiger partial charge is 0.329 e. The van der Waals surface area contributed by atoms with Crippen molar-refractivity contribution >= 4 is 11.9 Å². The van der Waals surface area contributed by atoms with Crippen molar-refractivity contribution in [1.82, 2.24) is 5.32 Å². The monoisotopic (exact) mass is 230 g/mol. The summed E-state index contributed by atoms with van der Waals surface area (Å²) in [5.41, 5.74) is 4.63. The maximum Gasteiger partial charge on any atom is 0.329 e. The van der Waals surface area contributed by atoms with Crippen LogP contribution in [0, 0.1) is 0 Å². The number of hydrogen-bond acceptors (Lipinski definition) is 4. The van der Waals surface area contributed by atoms with Gasteiger partial charge < -0.3 is 15.8 Å². The number of esters is 1. The molecule has 0 aromatic rings. The van der Waals surface area contributed by atoms with E-state index in [1.807, 2.05) is 6.92 Å². The Morgan fingerprint density at radius 3 is 2.31 bits per heavy atom. The van der Waals surface area contributed by atoms with Crippen LogP contribution in [0.15, 0.2) is 0 Å². The van der Waals surface area contributed by atoms with Gasteiger partial charge in [0, 0.05) is 0 Å². The highest BCUT2D eigenvalue weighted by Gasteiger charge is 2.25. The predicted octanol–water partition coefficient (Wildman–Crippen LogP) is 0.572. The second-order valence-electron chi connectivity index (χ2n) is 4.65. The second-order valence-corrected chi connectivity index (χ2v) is 4.65. The van der Waals surface area contributed by atoms with E-state index < -0.39 is 17.6 Å². The van der Waals surface area contributed by atoms with Crippen molar-refractivity contribution in [3.05, 3.63) is 0 Å². The molecule has 0 bridgehead atoms. The molecule has 3 N–H and O–H groups in total.